The highest BCUT2D eigenvalue weighted by Crippen LogP contribution is 2.01. The summed E-state index contributed by atoms with van der Waals surface area (Å²) >= 11 is 0. The minimum Gasteiger partial charge on any atom is -0.480 e. The van der Waals surface area contributed by atoms with Crippen LogP contribution in [0.3, 0.4) is 0 Å². The highest BCUT2D eigenvalue weighted by molar-refractivity contribution is 5.72. The van der Waals surface area contributed by atoms with Gasteiger partial charge < -0.3 is 10.1 Å². The van der Waals surface area contributed by atoms with Crippen LogP contribution in [0.5, 0.6) is 5.88 Å². The molecule has 1 heterocycles. The number of carbonyl (C=O) groups is 1. The van der Waals surface area contributed by atoms with E-state index in [1.165, 1.54) is 14.0 Å². The van der Waals surface area contributed by atoms with Crippen LogP contribution in [0.15, 0.2) is 12.1 Å². The maximum atomic E-state index is 10.6. The Kier molecular flexibility index (Phi) is 4.80. The number of hydrogen-bond donors (Lipinski definition) is 1. The van der Waals surface area contributed by atoms with Crippen LogP contribution in [0.4, 0.5) is 0 Å². The van der Waals surface area contributed by atoms with Crippen LogP contribution < -0.4 is 10.1 Å². The Labute approximate surface area is 94.2 Å². The van der Waals surface area contributed by atoms with Crippen molar-refractivity contribution >= 4 is 5.91 Å². The number of amides is 1. The number of hydrogen-bond acceptors (Lipinski definition) is 4. The van der Waals surface area contributed by atoms with Crippen molar-refractivity contribution in [3.63, 3.8) is 0 Å². The van der Waals surface area contributed by atoms with Crippen molar-refractivity contribution in [1.29, 1.82) is 0 Å². The summed E-state index contributed by atoms with van der Waals surface area (Å²) in [4.78, 5) is 10.6. The van der Waals surface area contributed by atoms with Gasteiger partial charge in [-0.15, -0.1) is 10.2 Å². The zero-order chi connectivity index (χ0) is 11.8. The Bertz CT molecular complexity index is 403. The molecule has 0 radical (unpaired) electrons. The number of aromatic nitrogens is 2. The van der Waals surface area contributed by atoms with Crippen LogP contribution in [-0.4, -0.2) is 29.8 Å². The van der Waals surface area contributed by atoms with Gasteiger partial charge >= 0.3 is 0 Å². The summed E-state index contributed by atoms with van der Waals surface area (Å²) in [5.74, 6) is 6.14. The SMILES string of the molecule is COc1ccc(C#CCCNC(C)=O)nn1. The smallest absolute Gasteiger partial charge is 0.233 e. The zero-order valence-corrected chi connectivity index (χ0v) is 9.28. The molecule has 1 aromatic rings. The molecular formula is C11H13N3O2. The van der Waals surface area contributed by atoms with E-state index in [0.29, 0.717) is 24.5 Å². The van der Waals surface area contributed by atoms with E-state index in [-0.39, 0.29) is 5.91 Å². The minimum atomic E-state index is -0.0500. The average Bonchev–Trinajstić information content (AvgIpc) is 2.29. The van der Waals surface area contributed by atoms with Crippen molar-refractivity contribution in [3.8, 4) is 17.7 Å². The number of methoxy groups -OCH3 is 1. The topological polar surface area (TPSA) is 64.1 Å². The Morgan fingerprint density at radius 1 is 1.50 bits per heavy atom. The number of rotatable bonds is 3. The van der Waals surface area contributed by atoms with Crippen molar-refractivity contribution in [3.05, 3.63) is 17.8 Å². The zero-order valence-electron chi connectivity index (χ0n) is 9.28. The first kappa shape index (κ1) is 12.0. The molecule has 0 bridgehead atoms. The van der Waals surface area contributed by atoms with Gasteiger partial charge in [-0.3, -0.25) is 4.79 Å². The minimum absolute atomic E-state index is 0.0500. The van der Waals surface area contributed by atoms with Gasteiger partial charge in [0.2, 0.25) is 11.8 Å². The Morgan fingerprint density at radius 3 is 2.88 bits per heavy atom. The summed E-state index contributed by atoms with van der Waals surface area (Å²) in [6.45, 7) is 2.02. The Balaban J connectivity index is 2.41. The second kappa shape index (κ2) is 6.40. The van der Waals surface area contributed by atoms with E-state index in [2.05, 4.69) is 27.4 Å². The van der Waals surface area contributed by atoms with E-state index in [1.807, 2.05) is 0 Å². The van der Waals surface area contributed by atoms with Gasteiger partial charge in [-0.05, 0) is 12.0 Å². The quantitative estimate of drug-likeness (QED) is 0.589. The molecule has 0 aromatic carbocycles. The standard InChI is InChI=1S/C11H13N3O2/c1-9(15)12-8-4-3-5-10-6-7-11(16-2)14-13-10/h6-7H,4,8H2,1-2H3,(H,12,15). The molecule has 0 spiro atoms. The first-order chi connectivity index (χ1) is 7.72. The lowest BCUT2D eigenvalue weighted by atomic mass is 10.3. The summed E-state index contributed by atoms with van der Waals surface area (Å²) < 4.78 is 4.87. The molecule has 0 atom stereocenters. The predicted molar refractivity (Wildman–Crippen MR) is 58.8 cm³/mol. The number of nitrogens with one attached hydrogen (secondary N) is 1. The lowest BCUT2D eigenvalue weighted by Crippen LogP contribution is -2.20. The molecule has 0 unspecified atom stereocenters. The number of ether oxygens (including phenoxy) is 1. The molecule has 0 aliphatic rings. The fourth-order valence-electron chi connectivity index (χ4n) is 0.950. The number of nitrogens with zero attached hydrogens (tertiary/aromatic N) is 2. The second-order valence-electron chi connectivity index (χ2n) is 3.00. The molecular weight excluding hydrogens is 206 g/mol. The van der Waals surface area contributed by atoms with Gasteiger partial charge in [-0.2, -0.15) is 0 Å². The molecule has 1 aromatic heterocycles. The molecule has 84 valence electrons. The monoisotopic (exact) mass is 219 g/mol. The highest BCUT2D eigenvalue weighted by atomic mass is 16.5. The lowest BCUT2D eigenvalue weighted by molar-refractivity contribution is -0.118. The van der Waals surface area contributed by atoms with Crippen LogP contribution >= 0.6 is 0 Å². The van der Waals surface area contributed by atoms with Crippen molar-refractivity contribution < 1.29 is 9.53 Å². The van der Waals surface area contributed by atoms with Gasteiger partial charge in [-0.25, -0.2) is 0 Å². The molecule has 5 nitrogen and oxygen atoms in total. The molecule has 0 aliphatic heterocycles. The van der Waals surface area contributed by atoms with Crippen molar-refractivity contribution in [2.24, 2.45) is 0 Å². The van der Waals surface area contributed by atoms with Gasteiger partial charge in [0.1, 0.15) is 5.69 Å². The van der Waals surface area contributed by atoms with E-state index in [9.17, 15) is 4.79 Å². The molecule has 0 saturated heterocycles. The normalized spacial score (nSPS) is 8.88. The first-order valence-electron chi connectivity index (χ1n) is 4.83. The summed E-state index contributed by atoms with van der Waals surface area (Å²) in [5, 5.41) is 10.3. The Morgan fingerprint density at radius 2 is 2.31 bits per heavy atom. The fourth-order valence-corrected chi connectivity index (χ4v) is 0.950. The van der Waals surface area contributed by atoms with Crippen molar-refractivity contribution in [1.82, 2.24) is 15.5 Å². The molecule has 1 amide bonds. The largest absolute Gasteiger partial charge is 0.480 e. The van der Waals surface area contributed by atoms with Crippen LogP contribution in [0.1, 0.15) is 19.0 Å². The average molecular weight is 219 g/mol. The molecule has 1 N–H and O–H groups in total. The first-order valence-corrected chi connectivity index (χ1v) is 4.83. The third-order valence-electron chi connectivity index (χ3n) is 1.69. The van der Waals surface area contributed by atoms with Crippen LogP contribution in [0, 0.1) is 11.8 Å². The van der Waals surface area contributed by atoms with E-state index in [1.54, 1.807) is 12.1 Å². The van der Waals surface area contributed by atoms with Gasteiger partial charge in [0.25, 0.3) is 0 Å². The van der Waals surface area contributed by atoms with E-state index >= 15 is 0 Å². The molecule has 16 heavy (non-hydrogen) atoms. The van der Waals surface area contributed by atoms with Crippen molar-refractivity contribution in [2.45, 2.75) is 13.3 Å². The third-order valence-corrected chi connectivity index (χ3v) is 1.69. The predicted octanol–water partition coefficient (Wildman–Crippen LogP) is 0.363. The maximum Gasteiger partial charge on any atom is 0.233 e. The van der Waals surface area contributed by atoms with Gasteiger partial charge in [0, 0.05) is 26.0 Å². The molecule has 0 saturated carbocycles. The van der Waals surface area contributed by atoms with Crippen LogP contribution in [0.2, 0.25) is 0 Å². The van der Waals surface area contributed by atoms with Crippen LogP contribution in [-0.2, 0) is 4.79 Å². The number of carbonyl (C=O) groups excluding carboxylic acids is 1. The summed E-state index contributed by atoms with van der Waals surface area (Å²) in [6, 6.07) is 3.43. The van der Waals surface area contributed by atoms with Gasteiger partial charge in [-0.1, -0.05) is 5.92 Å². The summed E-state index contributed by atoms with van der Waals surface area (Å²) in [7, 11) is 1.53. The fraction of sp³-hybridized carbons (Fsp3) is 0.364. The van der Waals surface area contributed by atoms with Crippen LogP contribution in [0.25, 0.3) is 0 Å². The van der Waals surface area contributed by atoms with E-state index in [0.717, 1.165) is 0 Å². The van der Waals surface area contributed by atoms with E-state index in [4.69, 9.17) is 4.74 Å². The summed E-state index contributed by atoms with van der Waals surface area (Å²) in [6.07, 6.45) is 0.591. The third kappa shape index (κ3) is 4.42. The van der Waals surface area contributed by atoms with Gasteiger partial charge in [0.15, 0.2) is 0 Å². The van der Waals surface area contributed by atoms with Crippen molar-refractivity contribution in [2.75, 3.05) is 13.7 Å². The van der Waals surface area contributed by atoms with Gasteiger partial charge in [0.05, 0.1) is 7.11 Å². The molecule has 5 heteroatoms. The second-order valence-corrected chi connectivity index (χ2v) is 3.00. The maximum absolute atomic E-state index is 10.6. The summed E-state index contributed by atoms with van der Waals surface area (Å²) in [5.41, 5.74) is 0.587. The highest BCUT2D eigenvalue weighted by Gasteiger charge is 1.92. The molecule has 0 fully saturated rings. The lowest BCUT2D eigenvalue weighted by Gasteiger charge is -1.95. The molecule has 1 rings (SSSR count). The molecule has 0 aliphatic carbocycles. The Hall–Kier alpha value is -2.09. The van der Waals surface area contributed by atoms with E-state index < -0.39 is 0 Å².